The quantitative estimate of drug-likeness (QED) is 0.217. The van der Waals surface area contributed by atoms with Crippen LogP contribution in [0.15, 0.2) is 23.4 Å². The molecule has 1 aromatic carbocycles. The standard InChI is InChI=1S/C11H12F4N2O2/c12-8-6-7(10(16)17-18)2-3-9(8)19-5-1-4-11(13,14)15/h2-3,6,18H,1,4-5H2,(H2,16,17). The van der Waals surface area contributed by atoms with Crippen molar-refractivity contribution in [1.29, 1.82) is 0 Å². The predicted octanol–water partition coefficient (Wildman–Crippen LogP) is 2.64. The van der Waals surface area contributed by atoms with Crippen LogP contribution in [0.1, 0.15) is 18.4 Å². The molecule has 4 nitrogen and oxygen atoms in total. The Balaban J connectivity index is 2.56. The van der Waals surface area contributed by atoms with Crippen molar-refractivity contribution in [3.05, 3.63) is 29.6 Å². The first-order chi connectivity index (χ1) is 8.83. The Kier molecular flexibility index (Phi) is 4.96. The lowest BCUT2D eigenvalue weighted by atomic mass is 10.2. The van der Waals surface area contributed by atoms with Gasteiger partial charge in [-0.25, -0.2) is 4.39 Å². The third-order valence-corrected chi connectivity index (χ3v) is 2.20. The van der Waals surface area contributed by atoms with Crippen molar-refractivity contribution in [2.75, 3.05) is 6.61 Å². The summed E-state index contributed by atoms with van der Waals surface area (Å²) in [6.07, 6.45) is -5.50. The predicted molar refractivity (Wildman–Crippen MR) is 59.7 cm³/mol. The number of amidine groups is 1. The number of nitrogens with two attached hydrogens (primary N) is 1. The van der Waals surface area contributed by atoms with E-state index in [1.807, 2.05) is 0 Å². The molecule has 0 atom stereocenters. The molecule has 1 aromatic rings. The minimum absolute atomic E-state index is 0.141. The highest BCUT2D eigenvalue weighted by atomic mass is 19.4. The second-order valence-electron chi connectivity index (χ2n) is 3.70. The van der Waals surface area contributed by atoms with Crippen LogP contribution in [0.4, 0.5) is 17.6 Å². The largest absolute Gasteiger partial charge is 0.491 e. The lowest BCUT2D eigenvalue weighted by Crippen LogP contribution is -2.13. The van der Waals surface area contributed by atoms with E-state index in [4.69, 9.17) is 15.7 Å². The van der Waals surface area contributed by atoms with Gasteiger partial charge in [-0.3, -0.25) is 0 Å². The van der Waals surface area contributed by atoms with Gasteiger partial charge in [0.2, 0.25) is 0 Å². The monoisotopic (exact) mass is 280 g/mol. The number of alkyl halides is 3. The number of hydrogen-bond donors (Lipinski definition) is 2. The molecule has 0 aliphatic rings. The Morgan fingerprint density at radius 1 is 1.37 bits per heavy atom. The third kappa shape index (κ3) is 5.02. The minimum atomic E-state index is -4.25. The first-order valence-corrected chi connectivity index (χ1v) is 5.30. The van der Waals surface area contributed by atoms with Gasteiger partial charge in [0.25, 0.3) is 0 Å². The van der Waals surface area contributed by atoms with Gasteiger partial charge in [-0.05, 0) is 24.6 Å². The molecule has 0 aromatic heterocycles. The Morgan fingerprint density at radius 3 is 2.58 bits per heavy atom. The van der Waals surface area contributed by atoms with Crippen LogP contribution in [0.5, 0.6) is 5.75 Å². The fourth-order valence-electron chi connectivity index (χ4n) is 1.29. The molecule has 106 valence electrons. The van der Waals surface area contributed by atoms with Gasteiger partial charge in [-0.15, -0.1) is 0 Å². The number of hydrogen-bond acceptors (Lipinski definition) is 3. The zero-order chi connectivity index (χ0) is 14.5. The van der Waals surface area contributed by atoms with E-state index in [0.29, 0.717) is 0 Å². The molecule has 1 rings (SSSR count). The second kappa shape index (κ2) is 6.26. The first kappa shape index (κ1) is 15.1. The molecule has 0 aliphatic carbocycles. The summed E-state index contributed by atoms with van der Waals surface area (Å²) in [7, 11) is 0. The minimum Gasteiger partial charge on any atom is -0.491 e. The van der Waals surface area contributed by atoms with Crippen LogP contribution in [0.2, 0.25) is 0 Å². The van der Waals surface area contributed by atoms with E-state index in [9.17, 15) is 17.6 Å². The van der Waals surface area contributed by atoms with Crippen molar-refractivity contribution in [2.45, 2.75) is 19.0 Å². The number of nitrogens with zero attached hydrogens (tertiary/aromatic N) is 1. The lowest BCUT2D eigenvalue weighted by Gasteiger charge is -2.09. The highest BCUT2D eigenvalue weighted by Gasteiger charge is 2.26. The molecule has 0 bridgehead atoms. The van der Waals surface area contributed by atoms with E-state index in [-0.39, 0.29) is 30.2 Å². The molecule has 0 saturated heterocycles. The number of halogens is 4. The molecule has 0 heterocycles. The van der Waals surface area contributed by atoms with Crippen molar-refractivity contribution < 1.29 is 27.5 Å². The third-order valence-electron chi connectivity index (χ3n) is 2.20. The second-order valence-corrected chi connectivity index (χ2v) is 3.70. The molecule has 8 heteroatoms. The Hall–Kier alpha value is -1.99. The Bertz CT molecular complexity index is 460. The van der Waals surface area contributed by atoms with Crippen LogP contribution in [0.3, 0.4) is 0 Å². The van der Waals surface area contributed by atoms with Crippen LogP contribution >= 0.6 is 0 Å². The van der Waals surface area contributed by atoms with Gasteiger partial charge in [-0.2, -0.15) is 13.2 Å². The first-order valence-electron chi connectivity index (χ1n) is 5.30. The van der Waals surface area contributed by atoms with E-state index in [1.165, 1.54) is 12.1 Å². The molecular weight excluding hydrogens is 268 g/mol. The van der Waals surface area contributed by atoms with Gasteiger partial charge in [0.15, 0.2) is 17.4 Å². The zero-order valence-electron chi connectivity index (χ0n) is 9.75. The maximum atomic E-state index is 13.5. The van der Waals surface area contributed by atoms with Crippen LogP contribution in [0.25, 0.3) is 0 Å². The van der Waals surface area contributed by atoms with Crippen LogP contribution < -0.4 is 10.5 Å². The Labute approximate surface area is 106 Å². The summed E-state index contributed by atoms with van der Waals surface area (Å²) in [5, 5.41) is 11.1. The fourth-order valence-corrected chi connectivity index (χ4v) is 1.29. The van der Waals surface area contributed by atoms with Gasteiger partial charge >= 0.3 is 6.18 Å². The topological polar surface area (TPSA) is 67.8 Å². The number of benzene rings is 1. The maximum absolute atomic E-state index is 13.5. The molecular formula is C11H12F4N2O2. The summed E-state index contributed by atoms with van der Waals surface area (Å²) < 4.78 is 53.9. The highest BCUT2D eigenvalue weighted by molar-refractivity contribution is 5.97. The van der Waals surface area contributed by atoms with Gasteiger partial charge in [0.05, 0.1) is 6.61 Å². The number of oxime groups is 1. The molecule has 19 heavy (non-hydrogen) atoms. The summed E-state index contributed by atoms with van der Waals surface area (Å²) in [4.78, 5) is 0. The molecule has 0 spiro atoms. The molecule has 0 saturated carbocycles. The summed E-state index contributed by atoms with van der Waals surface area (Å²) in [5.41, 5.74) is 5.39. The van der Waals surface area contributed by atoms with Crippen LogP contribution in [-0.4, -0.2) is 23.8 Å². The van der Waals surface area contributed by atoms with Crippen molar-refractivity contribution in [3.8, 4) is 5.75 Å². The van der Waals surface area contributed by atoms with Gasteiger partial charge < -0.3 is 15.7 Å². The SMILES string of the molecule is N/C(=N/O)c1ccc(OCCCC(F)(F)F)c(F)c1. The average Bonchev–Trinajstić information content (AvgIpc) is 2.33. The average molecular weight is 280 g/mol. The van der Waals surface area contributed by atoms with Crippen molar-refractivity contribution >= 4 is 5.84 Å². The highest BCUT2D eigenvalue weighted by Crippen LogP contribution is 2.22. The number of rotatable bonds is 5. The van der Waals surface area contributed by atoms with E-state index in [0.717, 1.165) is 6.07 Å². The lowest BCUT2D eigenvalue weighted by molar-refractivity contribution is -0.136. The molecule has 0 amide bonds. The summed E-state index contributed by atoms with van der Waals surface area (Å²) in [5.74, 6) is -1.25. The maximum Gasteiger partial charge on any atom is 0.389 e. The fraction of sp³-hybridized carbons (Fsp3) is 0.364. The smallest absolute Gasteiger partial charge is 0.389 e. The zero-order valence-corrected chi connectivity index (χ0v) is 9.75. The van der Waals surface area contributed by atoms with Crippen LogP contribution in [-0.2, 0) is 0 Å². The molecule has 0 unspecified atom stereocenters. The van der Waals surface area contributed by atoms with Gasteiger partial charge in [0, 0.05) is 12.0 Å². The van der Waals surface area contributed by atoms with Gasteiger partial charge in [-0.1, -0.05) is 5.16 Å². The van der Waals surface area contributed by atoms with E-state index < -0.39 is 18.4 Å². The van der Waals surface area contributed by atoms with Crippen molar-refractivity contribution in [3.63, 3.8) is 0 Å². The van der Waals surface area contributed by atoms with Crippen LogP contribution in [0, 0.1) is 5.82 Å². The van der Waals surface area contributed by atoms with Crippen molar-refractivity contribution in [1.82, 2.24) is 0 Å². The molecule has 0 radical (unpaired) electrons. The number of ether oxygens (including phenoxy) is 1. The summed E-state index contributed by atoms with van der Waals surface area (Å²) >= 11 is 0. The summed E-state index contributed by atoms with van der Waals surface area (Å²) in [6.45, 7) is -0.251. The van der Waals surface area contributed by atoms with E-state index in [1.54, 1.807) is 0 Å². The molecule has 3 N–H and O–H groups in total. The normalized spacial score (nSPS) is 12.5. The van der Waals surface area contributed by atoms with E-state index in [2.05, 4.69) is 5.16 Å². The molecule has 0 aliphatic heterocycles. The Morgan fingerprint density at radius 2 is 2.05 bits per heavy atom. The molecule has 0 fully saturated rings. The summed E-state index contributed by atoms with van der Waals surface area (Å²) in [6, 6.07) is 3.50. The van der Waals surface area contributed by atoms with Crippen molar-refractivity contribution in [2.24, 2.45) is 10.9 Å². The van der Waals surface area contributed by atoms with Gasteiger partial charge in [0.1, 0.15) is 0 Å². The van der Waals surface area contributed by atoms with E-state index >= 15 is 0 Å².